The van der Waals surface area contributed by atoms with Crippen molar-refractivity contribution in [3.05, 3.63) is 46.9 Å². The molecule has 0 fully saturated rings. The summed E-state index contributed by atoms with van der Waals surface area (Å²) in [5.74, 6) is 0. The minimum Gasteiger partial charge on any atom is -0.796 e. The normalized spacial score (nSPS) is 11.2. The van der Waals surface area contributed by atoms with Crippen LogP contribution in [0.5, 0.6) is 0 Å². The molecule has 0 atom stereocenters. The fourth-order valence-electron chi connectivity index (χ4n) is 1.03. The van der Waals surface area contributed by atoms with E-state index in [4.69, 9.17) is 0 Å². The Morgan fingerprint density at radius 1 is 1.15 bits per heavy atom. The molecule has 67 valence electrons. The van der Waals surface area contributed by atoms with Gasteiger partial charge in [-0.2, -0.15) is 18.2 Å². The molecule has 0 aliphatic carbocycles. The van der Waals surface area contributed by atoms with Gasteiger partial charge in [0.15, 0.2) is 0 Å². The van der Waals surface area contributed by atoms with E-state index in [0.29, 0.717) is 0 Å². The third-order valence-corrected chi connectivity index (χ3v) is 1.68. The summed E-state index contributed by atoms with van der Waals surface area (Å²) >= 11 is 4.08. The summed E-state index contributed by atoms with van der Waals surface area (Å²) in [7, 11) is 0. The van der Waals surface area contributed by atoms with E-state index < -0.39 is 0 Å². The van der Waals surface area contributed by atoms with E-state index in [1.165, 1.54) is 11.1 Å². The van der Waals surface area contributed by atoms with Gasteiger partial charge in [0, 0.05) is 32.7 Å². The van der Waals surface area contributed by atoms with Crippen molar-refractivity contribution in [1.82, 2.24) is 0 Å². The monoisotopic (exact) mass is 266 g/mol. The molecule has 1 radical (unpaired) electrons. The van der Waals surface area contributed by atoms with Gasteiger partial charge in [-0.25, -0.2) is 0 Å². The minimum absolute atomic E-state index is 0. The third-order valence-electron chi connectivity index (χ3n) is 1.68. The Bertz CT molecular complexity index is 297. The Kier molecular flexibility index (Phi) is 6.74. The van der Waals surface area contributed by atoms with Crippen LogP contribution in [0.2, 0.25) is 0 Å². The molecule has 0 aromatic heterocycles. The summed E-state index contributed by atoms with van der Waals surface area (Å²) in [6, 6.07) is 8.28. The molecule has 0 saturated carbocycles. The zero-order valence-corrected chi connectivity index (χ0v) is 11.5. The van der Waals surface area contributed by atoms with E-state index in [1.807, 2.05) is 18.3 Å². The second kappa shape index (κ2) is 6.64. The van der Waals surface area contributed by atoms with Crippen molar-refractivity contribution in [2.45, 2.75) is 6.92 Å². The van der Waals surface area contributed by atoms with E-state index in [0.717, 1.165) is 5.70 Å². The van der Waals surface area contributed by atoms with Crippen LogP contribution in [0.15, 0.2) is 30.5 Å². The second-order valence-corrected chi connectivity index (χ2v) is 2.46. The molecule has 0 saturated heterocycles. The van der Waals surface area contributed by atoms with E-state index >= 15 is 0 Å². The fraction of sp³-hybridized carbons (Fsp3) is 0.200. The van der Waals surface area contributed by atoms with Crippen LogP contribution in [0.3, 0.4) is 0 Å². The van der Waals surface area contributed by atoms with Gasteiger partial charge in [-0.1, -0.05) is 24.3 Å². The van der Waals surface area contributed by atoms with Gasteiger partial charge in [0.05, 0.1) is 0 Å². The molecule has 13 heavy (non-hydrogen) atoms. The molecule has 1 nitrogen and oxygen atoms in total. The zero-order valence-electron chi connectivity index (χ0n) is 7.82. The Hall–Kier alpha value is 0.214. The molecule has 1 aliphatic rings. The van der Waals surface area contributed by atoms with Gasteiger partial charge in [-0.3, -0.25) is 0 Å². The average molecular weight is 266 g/mol. The molecule has 0 N–H and O–H groups in total. The largest absolute Gasteiger partial charge is 0.796 e. The molecule has 1 heterocycles. The van der Waals surface area contributed by atoms with Gasteiger partial charge >= 0.3 is 0 Å². The summed E-state index contributed by atoms with van der Waals surface area (Å²) < 4.78 is 0. The van der Waals surface area contributed by atoms with Crippen molar-refractivity contribution in [2.24, 2.45) is 0 Å². The van der Waals surface area contributed by atoms with Crippen LogP contribution in [0.4, 0.5) is 0 Å². The minimum atomic E-state index is 0. The first-order valence-electron chi connectivity index (χ1n) is 3.76. The maximum absolute atomic E-state index is 4.08. The van der Waals surface area contributed by atoms with Crippen molar-refractivity contribution >= 4 is 18.3 Å². The second-order valence-electron chi connectivity index (χ2n) is 2.46. The molecule has 0 bridgehead atoms. The quantitative estimate of drug-likeness (QED) is 0.713. The van der Waals surface area contributed by atoms with Crippen LogP contribution in [0.25, 0.3) is 11.0 Å². The van der Waals surface area contributed by atoms with Crippen molar-refractivity contribution in [1.29, 1.82) is 0 Å². The average Bonchev–Trinajstić information content (AvgIpc) is 2.92. The van der Waals surface area contributed by atoms with Crippen molar-refractivity contribution in [2.75, 3.05) is 6.26 Å². The topological polar surface area (TPSA) is 14.1 Å². The van der Waals surface area contributed by atoms with Crippen LogP contribution in [-0.2, 0) is 45.3 Å². The molecule has 2 rings (SSSR count). The van der Waals surface area contributed by atoms with Crippen LogP contribution >= 0.6 is 0 Å². The van der Waals surface area contributed by atoms with Gasteiger partial charge in [-0.05, 0) is 18.1 Å². The standard InChI is InChI=1S/C9H8N.CH4S.Y/c1-7-4-2-3-5-8(7)9-6-10-9;1-2;/h2-6H,1H3;2H,1H3;/q-1;;/p-1. The van der Waals surface area contributed by atoms with E-state index in [9.17, 15) is 0 Å². The summed E-state index contributed by atoms with van der Waals surface area (Å²) in [6.45, 7) is 2.10. The predicted molar refractivity (Wildman–Crippen MR) is 55.8 cm³/mol. The van der Waals surface area contributed by atoms with Crippen molar-refractivity contribution < 1.29 is 32.7 Å². The molecule has 3 heteroatoms. The van der Waals surface area contributed by atoms with Crippen molar-refractivity contribution in [3.63, 3.8) is 0 Å². The van der Waals surface area contributed by atoms with Gasteiger partial charge in [0.2, 0.25) is 0 Å². The molecular weight excluding hydrogens is 255 g/mol. The summed E-state index contributed by atoms with van der Waals surface area (Å²) in [5, 5.41) is 4.03. The predicted octanol–water partition coefficient (Wildman–Crippen LogP) is 2.84. The fourth-order valence-corrected chi connectivity index (χ4v) is 1.03. The summed E-state index contributed by atoms with van der Waals surface area (Å²) in [5.41, 5.74) is 3.70. The van der Waals surface area contributed by atoms with Gasteiger partial charge in [0.1, 0.15) is 0 Å². The van der Waals surface area contributed by atoms with E-state index in [1.54, 1.807) is 6.26 Å². The SMILES string of the molecule is C[S-].Cc1ccccc1C1=C[N-]1.[Y]. The number of nitrogens with zero attached hydrogens (tertiary/aromatic N) is 1. The number of aryl methyl sites for hydroxylation is 1. The van der Waals surface area contributed by atoms with Crippen LogP contribution in [-0.4, -0.2) is 6.26 Å². The summed E-state index contributed by atoms with van der Waals surface area (Å²) in [6.07, 6.45) is 3.47. The number of rotatable bonds is 1. The maximum atomic E-state index is 4.08. The third kappa shape index (κ3) is 3.84. The molecule has 0 unspecified atom stereocenters. The summed E-state index contributed by atoms with van der Waals surface area (Å²) in [4.78, 5) is 0. The van der Waals surface area contributed by atoms with Crippen LogP contribution < -0.4 is 0 Å². The Labute approximate surface area is 110 Å². The molecular formula is C10H11NSY-2. The number of benzene rings is 1. The first kappa shape index (κ1) is 13.2. The van der Waals surface area contributed by atoms with Gasteiger partial charge < -0.3 is 17.9 Å². The molecule has 1 aliphatic heterocycles. The van der Waals surface area contributed by atoms with E-state index in [2.05, 4.69) is 37.0 Å². The molecule has 0 spiro atoms. The Morgan fingerprint density at radius 3 is 2.15 bits per heavy atom. The Morgan fingerprint density at radius 2 is 1.69 bits per heavy atom. The number of hydrogen-bond acceptors (Lipinski definition) is 1. The van der Waals surface area contributed by atoms with Crippen molar-refractivity contribution in [3.8, 4) is 0 Å². The van der Waals surface area contributed by atoms with Gasteiger partial charge in [0.25, 0.3) is 0 Å². The molecule has 1 aromatic rings. The Balaban J connectivity index is 0.000000451. The van der Waals surface area contributed by atoms with E-state index in [-0.39, 0.29) is 32.7 Å². The van der Waals surface area contributed by atoms with Crippen LogP contribution in [0, 0.1) is 6.92 Å². The zero-order chi connectivity index (χ0) is 8.97. The maximum Gasteiger partial charge on any atom is 0 e. The number of hydrogen-bond donors (Lipinski definition) is 0. The first-order valence-corrected chi connectivity index (χ1v) is 4.57. The molecule has 0 amide bonds. The molecule has 1 aromatic carbocycles. The van der Waals surface area contributed by atoms with Crippen LogP contribution in [0.1, 0.15) is 11.1 Å². The smallest absolute Gasteiger partial charge is 0 e. The first-order chi connectivity index (χ1) is 5.88. The van der Waals surface area contributed by atoms with Gasteiger partial charge in [-0.15, -0.1) is 0 Å².